The van der Waals surface area contributed by atoms with Gasteiger partial charge in [-0.15, -0.1) is 0 Å². The van der Waals surface area contributed by atoms with E-state index in [1.807, 2.05) is 19.2 Å². The number of ether oxygens (including phenoxy) is 1. The van der Waals surface area contributed by atoms with Crippen molar-refractivity contribution < 1.29 is 9.13 Å². The van der Waals surface area contributed by atoms with E-state index in [4.69, 9.17) is 16.3 Å². The van der Waals surface area contributed by atoms with Gasteiger partial charge >= 0.3 is 0 Å². The van der Waals surface area contributed by atoms with Gasteiger partial charge in [0.25, 0.3) is 0 Å². The van der Waals surface area contributed by atoms with Gasteiger partial charge in [0.1, 0.15) is 18.2 Å². The summed E-state index contributed by atoms with van der Waals surface area (Å²) >= 11 is 5.86. The van der Waals surface area contributed by atoms with Crippen LogP contribution in [0.3, 0.4) is 0 Å². The number of nitrogens with zero attached hydrogens (tertiary/aromatic N) is 1. The van der Waals surface area contributed by atoms with E-state index in [0.29, 0.717) is 5.75 Å². The Morgan fingerprint density at radius 2 is 2.17 bits per heavy atom. The Morgan fingerprint density at radius 3 is 2.89 bits per heavy atom. The van der Waals surface area contributed by atoms with Crippen LogP contribution < -0.4 is 10.1 Å². The minimum atomic E-state index is -0.386. The Kier molecular flexibility index (Phi) is 3.99. The fourth-order valence-corrected chi connectivity index (χ4v) is 1.68. The number of pyridine rings is 1. The lowest BCUT2D eigenvalue weighted by atomic mass is 10.3. The van der Waals surface area contributed by atoms with Crippen LogP contribution in [0.5, 0.6) is 5.75 Å². The van der Waals surface area contributed by atoms with Crippen LogP contribution in [0.2, 0.25) is 5.02 Å². The summed E-state index contributed by atoms with van der Waals surface area (Å²) in [5.74, 6) is 0.0531. The quantitative estimate of drug-likeness (QED) is 0.920. The highest BCUT2D eigenvalue weighted by Crippen LogP contribution is 2.25. The van der Waals surface area contributed by atoms with Crippen LogP contribution in [0.15, 0.2) is 36.5 Å². The van der Waals surface area contributed by atoms with Crippen LogP contribution in [-0.4, -0.2) is 12.0 Å². The molecule has 1 N–H and O–H groups in total. The van der Waals surface area contributed by atoms with Crippen molar-refractivity contribution in [3.63, 3.8) is 0 Å². The molecule has 94 valence electrons. The van der Waals surface area contributed by atoms with Crippen molar-refractivity contribution in [1.82, 2.24) is 4.98 Å². The Balaban J connectivity index is 2.06. The van der Waals surface area contributed by atoms with E-state index in [1.165, 1.54) is 18.2 Å². The molecular weight excluding hydrogens is 255 g/mol. The lowest BCUT2D eigenvalue weighted by Crippen LogP contribution is -2.00. The molecule has 1 aromatic carbocycles. The summed E-state index contributed by atoms with van der Waals surface area (Å²) in [6, 6.07) is 7.75. The van der Waals surface area contributed by atoms with Crippen molar-refractivity contribution in [3.05, 3.63) is 53.1 Å². The van der Waals surface area contributed by atoms with Crippen LogP contribution in [0.1, 0.15) is 5.69 Å². The first kappa shape index (κ1) is 12.6. The second-order valence-corrected chi connectivity index (χ2v) is 4.06. The first-order chi connectivity index (χ1) is 8.69. The summed E-state index contributed by atoms with van der Waals surface area (Å²) in [4.78, 5) is 4.17. The van der Waals surface area contributed by atoms with E-state index >= 15 is 0 Å². The SMILES string of the molecule is CNc1ccnc(COc2ccc(F)cc2Cl)c1. The summed E-state index contributed by atoms with van der Waals surface area (Å²) < 4.78 is 18.3. The number of halogens is 2. The van der Waals surface area contributed by atoms with Crippen molar-refractivity contribution >= 4 is 17.3 Å². The fraction of sp³-hybridized carbons (Fsp3) is 0.154. The van der Waals surface area contributed by atoms with Crippen molar-refractivity contribution in [2.45, 2.75) is 6.61 Å². The van der Waals surface area contributed by atoms with Gasteiger partial charge in [-0.1, -0.05) is 11.6 Å². The minimum Gasteiger partial charge on any atom is -0.486 e. The minimum absolute atomic E-state index is 0.250. The predicted molar refractivity (Wildman–Crippen MR) is 69.5 cm³/mol. The van der Waals surface area contributed by atoms with Gasteiger partial charge in [0.05, 0.1) is 10.7 Å². The van der Waals surface area contributed by atoms with E-state index < -0.39 is 0 Å². The van der Waals surface area contributed by atoms with Gasteiger partial charge < -0.3 is 10.1 Å². The smallest absolute Gasteiger partial charge is 0.138 e. The van der Waals surface area contributed by atoms with Crippen molar-refractivity contribution in [2.75, 3.05) is 12.4 Å². The van der Waals surface area contributed by atoms with Crippen LogP contribution in [0, 0.1) is 5.82 Å². The zero-order chi connectivity index (χ0) is 13.0. The fourth-order valence-electron chi connectivity index (χ4n) is 1.46. The molecule has 5 heteroatoms. The molecule has 0 aliphatic rings. The normalized spacial score (nSPS) is 10.2. The number of hydrogen-bond donors (Lipinski definition) is 1. The molecule has 2 rings (SSSR count). The second kappa shape index (κ2) is 5.69. The van der Waals surface area contributed by atoms with Gasteiger partial charge in [-0.05, 0) is 30.3 Å². The molecule has 0 aliphatic carbocycles. The molecule has 3 nitrogen and oxygen atoms in total. The van der Waals surface area contributed by atoms with E-state index in [0.717, 1.165) is 11.4 Å². The molecule has 0 aliphatic heterocycles. The largest absolute Gasteiger partial charge is 0.486 e. The van der Waals surface area contributed by atoms with Gasteiger partial charge in [-0.3, -0.25) is 4.98 Å². The maximum Gasteiger partial charge on any atom is 0.138 e. The highest BCUT2D eigenvalue weighted by Gasteiger charge is 2.04. The zero-order valence-corrected chi connectivity index (χ0v) is 10.5. The van der Waals surface area contributed by atoms with Crippen molar-refractivity contribution in [2.24, 2.45) is 0 Å². The Labute approximate surface area is 110 Å². The van der Waals surface area contributed by atoms with Gasteiger partial charge in [0, 0.05) is 18.9 Å². The van der Waals surface area contributed by atoms with Crippen LogP contribution in [0.25, 0.3) is 0 Å². The molecule has 0 saturated heterocycles. The maximum absolute atomic E-state index is 12.8. The number of hydrogen-bond acceptors (Lipinski definition) is 3. The Hall–Kier alpha value is -1.81. The number of aromatic nitrogens is 1. The summed E-state index contributed by atoms with van der Waals surface area (Å²) in [6.45, 7) is 0.279. The first-order valence-corrected chi connectivity index (χ1v) is 5.77. The average molecular weight is 267 g/mol. The lowest BCUT2D eigenvalue weighted by Gasteiger charge is -2.08. The molecule has 0 radical (unpaired) electrons. The van der Waals surface area contributed by atoms with E-state index in [-0.39, 0.29) is 17.4 Å². The highest BCUT2D eigenvalue weighted by molar-refractivity contribution is 6.32. The maximum atomic E-state index is 12.8. The molecule has 0 amide bonds. The monoisotopic (exact) mass is 266 g/mol. The highest BCUT2D eigenvalue weighted by atomic mass is 35.5. The summed E-state index contributed by atoms with van der Waals surface area (Å²) in [6.07, 6.45) is 1.69. The van der Waals surface area contributed by atoms with E-state index in [9.17, 15) is 4.39 Å². The molecule has 0 spiro atoms. The molecule has 18 heavy (non-hydrogen) atoms. The van der Waals surface area contributed by atoms with Gasteiger partial charge in [0.2, 0.25) is 0 Å². The molecule has 1 aromatic heterocycles. The summed E-state index contributed by atoms with van der Waals surface area (Å²) in [7, 11) is 1.83. The average Bonchev–Trinajstić information content (AvgIpc) is 2.38. The van der Waals surface area contributed by atoms with Crippen molar-refractivity contribution in [1.29, 1.82) is 0 Å². The third kappa shape index (κ3) is 3.11. The third-order valence-electron chi connectivity index (χ3n) is 2.37. The molecule has 0 fully saturated rings. The molecule has 0 atom stereocenters. The Morgan fingerprint density at radius 1 is 1.33 bits per heavy atom. The molecular formula is C13H12ClFN2O. The van der Waals surface area contributed by atoms with Crippen molar-refractivity contribution in [3.8, 4) is 5.75 Å². The van der Waals surface area contributed by atoms with Gasteiger partial charge in [-0.25, -0.2) is 4.39 Å². The second-order valence-electron chi connectivity index (χ2n) is 3.65. The Bertz CT molecular complexity index is 548. The molecule has 0 unspecified atom stereocenters. The third-order valence-corrected chi connectivity index (χ3v) is 2.67. The molecule has 2 aromatic rings. The number of benzene rings is 1. The van der Waals surface area contributed by atoms with E-state index in [2.05, 4.69) is 10.3 Å². The van der Waals surface area contributed by atoms with Crippen LogP contribution in [0.4, 0.5) is 10.1 Å². The zero-order valence-electron chi connectivity index (χ0n) is 9.78. The van der Waals surface area contributed by atoms with Gasteiger partial charge in [0.15, 0.2) is 0 Å². The molecule has 0 bridgehead atoms. The first-order valence-electron chi connectivity index (χ1n) is 5.39. The summed E-state index contributed by atoms with van der Waals surface area (Å²) in [5.41, 5.74) is 1.72. The van der Waals surface area contributed by atoms with Gasteiger partial charge in [-0.2, -0.15) is 0 Å². The number of rotatable bonds is 4. The number of nitrogens with one attached hydrogen (secondary N) is 1. The predicted octanol–water partition coefficient (Wildman–Crippen LogP) is 3.49. The standard InChI is InChI=1S/C13H12ClFN2O/c1-16-10-4-5-17-11(7-10)8-18-13-3-2-9(15)6-12(13)14/h2-7H,8H2,1H3,(H,16,17). The molecule has 1 heterocycles. The van der Waals surface area contributed by atoms with E-state index in [1.54, 1.807) is 6.20 Å². The lowest BCUT2D eigenvalue weighted by molar-refractivity contribution is 0.301. The number of anilines is 1. The summed E-state index contributed by atoms with van der Waals surface area (Å²) in [5, 5.41) is 3.26. The van der Waals surface area contributed by atoms with Crippen LogP contribution in [-0.2, 0) is 6.61 Å². The topological polar surface area (TPSA) is 34.2 Å². The molecule has 0 saturated carbocycles. The van der Waals surface area contributed by atoms with Crippen LogP contribution >= 0.6 is 11.6 Å².